The third-order valence-electron chi connectivity index (χ3n) is 2.85. The van der Waals surface area contributed by atoms with Gasteiger partial charge in [0, 0.05) is 6.20 Å². The molecule has 3 heterocycles. The molecule has 96 valence electrons. The summed E-state index contributed by atoms with van der Waals surface area (Å²) < 4.78 is 0.814. The van der Waals surface area contributed by atoms with E-state index in [-0.39, 0.29) is 0 Å². The summed E-state index contributed by atoms with van der Waals surface area (Å²) >= 11 is 9.56. The molecule has 3 aromatic heterocycles. The van der Waals surface area contributed by atoms with Gasteiger partial charge in [0.15, 0.2) is 5.82 Å². The van der Waals surface area contributed by atoms with Crippen molar-refractivity contribution in [2.75, 3.05) is 0 Å². The summed E-state index contributed by atoms with van der Waals surface area (Å²) in [5.41, 5.74) is 2.42. The smallest absolute Gasteiger partial charge is 0.180 e. The van der Waals surface area contributed by atoms with Crippen LogP contribution >= 0.6 is 27.5 Å². The highest BCUT2D eigenvalue weighted by atomic mass is 79.9. The number of H-pyrrole nitrogens is 1. The van der Waals surface area contributed by atoms with E-state index in [9.17, 15) is 0 Å². The zero-order valence-corrected chi connectivity index (χ0v) is 12.5. The molecule has 0 unspecified atom stereocenters. The van der Waals surface area contributed by atoms with Crippen molar-refractivity contribution in [3.05, 3.63) is 39.7 Å². The molecule has 0 atom stereocenters. The maximum Gasteiger partial charge on any atom is 0.180 e. The Morgan fingerprint density at radius 1 is 1.32 bits per heavy atom. The summed E-state index contributed by atoms with van der Waals surface area (Å²) in [5, 5.41) is 1.48. The predicted molar refractivity (Wildman–Crippen MR) is 79.2 cm³/mol. The maximum absolute atomic E-state index is 6.09. The fraction of sp³-hybridized carbons (Fsp3) is 0.154. The first-order valence-electron chi connectivity index (χ1n) is 5.85. The normalized spacial score (nSPS) is 11.1. The number of aryl methyl sites for hydroxylation is 1. The molecule has 6 heteroatoms. The second-order valence-electron chi connectivity index (χ2n) is 4.04. The number of aromatic amines is 1. The third-order valence-corrected chi connectivity index (χ3v) is 4.16. The van der Waals surface area contributed by atoms with E-state index in [1.807, 2.05) is 18.2 Å². The van der Waals surface area contributed by atoms with Gasteiger partial charge in [0.2, 0.25) is 0 Å². The van der Waals surface area contributed by atoms with Crippen LogP contribution in [0.3, 0.4) is 0 Å². The molecule has 1 N–H and O–H groups in total. The predicted octanol–water partition coefficient (Wildman–Crippen LogP) is 4.00. The highest BCUT2D eigenvalue weighted by Gasteiger charge is 2.15. The van der Waals surface area contributed by atoms with Crippen LogP contribution in [0.5, 0.6) is 0 Å². The summed E-state index contributed by atoms with van der Waals surface area (Å²) in [6.07, 6.45) is 2.53. The van der Waals surface area contributed by atoms with Gasteiger partial charge in [-0.25, -0.2) is 9.97 Å². The number of hydrogen-bond donors (Lipinski definition) is 1. The van der Waals surface area contributed by atoms with E-state index < -0.39 is 0 Å². The number of pyridine rings is 1. The van der Waals surface area contributed by atoms with E-state index in [1.165, 1.54) is 0 Å². The van der Waals surface area contributed by atoms with Crippen LogP contribution in [0.2, 0.25) is 5.15 Å². The maximum atomic E-state index is 6.09. The van der Waals surface area contributed by atoms with Crippen molar-refractivity contribution in [3.8, 4) is 11.5 Å². The van der Waals surface area contributed by atoms with Gasteiger partial charge in [-0.3, -0.25) is 4.98 Å². The molecular weight excluding hydrogens is 328 g/mol. The Morgan fingerprint density at radius 3 is 2.84 bits per heavy atom. The van der Waals surface area contributed by atoms with E-state index in [0.717, 1.165) is 33.3 Å². The van der Waals surface area contributed by atoms with Crippen LogP contribution in [-0.2, 0) is 6.42 Å². The van der Waals surface area contributed by atoms with Gasteiger partial charge >= 0.3 is 0 Å². The zero-order valence-electron chi connectivity index (χ0n) is 10.1. The quantitative estimate of drug-likeness (QED) is 0.769. The van der Waals surface area contributed by atoms with Gasteiger partial charge < -0.3 is 4.98 Å². The Bertz CT molecular complexity index is 739. The van der Waals surface area contributed by atoms with E-state index in [2.05, 4.69) is 42.8 Å². The number of halogens is 2. The molecule has 0 spiro atoms. The molecule has 19 heavy (non-hydrogen) atoms. The van der Waals surface area contributed by atoms with Crippen molar-refractivity contribution in [3.63, 3.8) is 0 Å². The van der Waals surface area contributed by atoms with Gasteiger partial charge in [-0.2, -0.15) is 0 Å². The molecule has 0 bridgehead atoms. The first kappa shape index (κ1) is 12.6. The van der Waals surface area contributed by atoms with Gasteiger partial charge in [0.1, 0.15) is 16.5 Å². The highest BCUT2D eigenvalue weighted by Crippen LogP contribution is 2.33. The Hall–Kier alpha value is -1.46. The van der Waals surface area contributed by atoms with Crippen LogP contribution in [0.25, 0.3) is 22.6 Å². The minimum atomic E-state index is 0.539. The van der Waals surface area contributed by atoms with Gasteiger partial charge in [0.25, 0.3) is 0 Å². The molecule has 3 rings (SSSR count). The molecule has 0 saturated carbocycles. The lowest BCUT2D eigenvalue weighted by Crippen LogP contribution is -1.97. The van der Waals surface area contributed by atoms with Crippen LogP contribution in [-0.4, -0.2) is 19.9 Å². The monoisotopic (exact) mass is 336 g/mol. The van der Waals surface area contributed by atoms with Crippen molar-refractivity contribution in [2.24, 2.45) is 0 Å². The second-order valence-corrected chi connectivity index (χ2v) is 5.21. The molecule has 0 amide bonds. The highest BCUT2D eigenvalue weighted by molar-refractivity contribution is 9.10. The summed E-state index contributed by atoms with van der Waals surface area (Å²) in [6, 6.07) is 5.67. The molecule has 3 aromatic rings. The van der Waals surface area contributed by atoms with Crippen LogP contribution in [0, 0.1) is 0 Å². The molecule has 0 radical (unpaired) electrons. The van der Waals surface area contributed by atoms with Gasteiger partial charge in [0.05, 0.1) is 15.6 Å². The molecule has 0 fully saturated rings. The average Bonchev–Trinajstić information content (AvgIpc) is 2.74. The molecule has 4 nitrogen and oxygen atoms in total. The Balaban J connectivity index is 2.29. The topological polar surface area (TPSA) is 54.5 Å². The summed E-state index contributed by atoms with van der Waals surface area (Å²) in [7, 11) is 0. The number of aromatic nitrogens is 4. The standard InChI is InChI=1S/C13H10BrClN4/c1-2-7-9-10(14)11(15)18-13(9)19-12(17-7)8-5-3-4-6-16-8/h3-6H,2H2,1H3,(H,17,18,19). The minimum absolute atomic E-state index is 0.539. The summed E-state index contributed by atoms with van der Waals surface area (Å²) in [6.45, 7) is 2.05. The average molecular weight is 338 g/mol. The van der Waals surface area contributed by atoms with Crippen molar-refractivity contribution < 1.29 is 0 Å². The molecular formula is C13H10BrClN4. The SMILES string of the molecule is CCc1nc(-c2ccccn2)nc2[nH]c(Cl)c(Br)c12. The van der Waals surface area contributed by atoms with Crippen LogP contribution in [0.1, 0.15) is 12.6 Å². The van der Waals surface area contributed by atoms with Crippen LogP contribution < -0.4 is 0 Å². The third kappa shape index (κ3) is 2.13. The van der Waals surface area contributed by atoms with Crippen molar-refractivity contribution in [2.45, 2.75) is 13.3 Å². The Kier molecular flexibility index (Phi) is 3.24. The van der Waals surface area contributed by atoms with Gasteiger partial charge in [-0.15, -0.1) is 0 Å². The van der Waals surface area contributed by atoms with Crippen molar-refractivity contribution in [1.82, 2.24) is 19.9 Å². The Labute approximate surface area is 123 Å². The lowest BCUT2D eigenvalue weighted by Gasteiger charge is -2.04. The number of nitrogens with zero attached hydrogens (tertiary/aromatic N) is 3. The molecule has 0 aliphatic rings. The van der Waals surface area contributed by atoms with E-state index >= 15 is 0 Å². The number of fused-ring (bicyclic) bond motifs is 1. The van der Waals surface area contributed by atoms with Gasteiger partial charge in [-0.1, -0.05) is 24.6 Å². The molecule has 0 aromatic carbocycles. The zero-order chi connectivity index (χ0) is 13.4. The molecule has 0 saturated heterocycles. The minimum Gasteiger partial charge on any atom is -0.329 e. The largest absolute Gasteiger partial charge is 0.329 e. The van der Waals surface area contributed by atoms with Crippen LogP contribution in [0.4, 0.5) is 0 Å². The van der Waals surface area contributed by atoms with Gasteiger partial charge in [-0.05, 0) is 34.5 Å². The number of rotatable bonds is 2. The molecule has 0 aliphatic heterocycles. The van der Waals surface area contributed by atoms with Crippen LogP contribution in [0.15, 0.2) is 28.9 Å². The lowest BCUT2D eigenvalue weighted by atomic mass is 10.2. The number of hydrogen-bond acceptors (Lipinski definition) is 3. The lowest BCUT2D eigenvalue weighted by molar-refractivity contribution is 1.03. The number of nitrogens with one attached hydrogen (secondary N) is 1. The summed E-state index contributed by atoms with van der Waals surface area (Å²) in [5.74, 6) is 0.607. The Morgan fingerprint density at radius 2 is 2.16 bits per heavy atom. The van der Waals surface area contributed by atoms with Crippen molar-refractivity contribution in [1.29, 1.82) is 0 Å². The second kappa shape index (κ2) is 4.90. The fourth-order valence-electron chi connectivity index (χ4n) is 1.96. The van der Waals surface area contributed by atoms with E-state index in [4.69, 9.17) is 11.6 Å². The summed E-state index contributed by atoms with van der Waals surface area (Å²) in [4.78, 5) is 16.4. The van der Waals surface area contributed by atoms with Crippen molar-refractivity contribution >= 4 is 38.6 Å². The first-order valence-corrected chi connectivity index (χ1v) is 7.02. The first-order chi connectivity index (χ1) is 9.20. The fourth-order valence-corrected chi connectivity index (χ4v) is 2.66. The van der Waals surface area contributed by atoms with E-state index in [1.54, 1.807) is 6.20 Å². The molecule has 0 aliphatic carbocycles. The van der Waals surface area contributed by atoms with E-state index in [0.29, 0.717) is 11.0 Å².